The Kier molecular flexibility index (Phi) is 3.79. The van der Waals surface area contributed by atoms with E-state index in [1.165, 1.54) is 6.42 Å². The van der Waals surface area contributed by atoms with E-state index in [-0.39, 0.29) is 5.97 Å². The lowest BCUT2D eigenvalue weighted by molar-refractivity contribution is 0.0519. The van der Waals surface area contributed by atoms with E-state index in [4.69, 9.17) is 4.74 Å². The van der Waals surface area contributed by atoms with E-state index in [2.05, 4.69) is 16.9 Å². The fourth-order valence-electron chi connectivity index (χ4n) is 2.17. The van der Waals surface area contributed by atoms with Gasteiger partial charge < -0.3 is 4.74 Å². The third kappa shape index (κ3) is 2.50. The van der Waals surface area contributed by atoms with Crippen molar-refractivity contribution in [2.24, 2.45) is 0 Å². The zero-order valence-corrected chi connectivity index (χ0v) is 11.3. The molecule has 0 spiro atoms. The van der Waals surface area contributed by atoms with Gasteiger partial charge in [0, 0.05) is 4.88 Å². The van der Waals surface area contributed by atoms with Crippen molar-refractivity contribution in [3.05, 3.63) is 15.6 Å². The standard InChI is InChI=1S/C12H18N2O2S/c1-4-16-12(15)10-8(2)17-11(13-10)9-6-5-7-14(9)3/h9H,4-7H2,1-3H3. The maximum Gasteiger partial charge on any atom is 0.358 e. The minimum atomic E-state index is -0.298. The van der Waals surface area contributed by atoms with Gasteiger partial charge in [-0.05, 0) is 40.3 Å². The van der Waals surface area contributed by atoms with Crippen LogP contribution in [0.5, 0.6) is 0 Å². The Morgan fingerprint density at radius 3 is 3.00 bits per heavy atom. The molecule has 17 heavy (non-hydrogen) atoms. The third-order valence-electron chi connectivity index (χ3n) is 3.09. The van der Waals surface area contributed by atoms with Crippen molar-refractivity contribution in [3.63, 3.8) is 0 Å². The molecule has 0 aliphatic carbocycles. The van der Waals surface area contributed by atoms with Gasteiger partial charge in [-0.25, -0.2) is 9.78 Å². The number of aromatic nitrogens is 1. The van der Waals surface area contributed by atoms with E-state index in [9.17, 15) is 4.79 Å². The van der Waals surface area contributed by atoms with E-state index in [1.807, 2.05) is 13.8 Å². The minimum Gasteiger partial charge on any atom is -0.461 e. The number of hydrogen-bond donors (Lipinski definition) is 0. The highest BCUT2D eigenvalue weighted by Gasteiger charge is 2.27. The topological polar surface area (TPSA) is 42.4 Å². The average Bonchev–Trinajstić information content (AvgIpc) is 2.84. The van der Waals surface area contributed by atoms with E-state index >= 15 is 0 Å². The summed E-state index contributed by atoms with van der Waals surface area (Å²) < 4.78 is 5.00. The van der Waals surface area contributed by atoms with Crippen molar-refractivity contribution in [2.75, 3.05) is 20.2 Å². The molecule has 0 amide bonds. The fourth-order valence-corrected chi connectivity index (χ4v) is 3.28. The van der Waals surface area contributed by atoms with Gasteiger partial charge in [-0.2, -0.15) is 0 Å². The van der Waals surface area contributed by atoms with Gasteiger partial charge in [0.2, 0.25) is 0 Å². The lowest BCUT2D eigenvalue weighted by Gasteiger charge is -2.16. The zero-order chi connectivity index (χ0) is 12.4. The van der Waals surface area contributed by atoms with Crippen LogP contribution in [0.2, 0.25) is 0 Å². The number of thiazole rings is 1. The second-order valence-corrected chi connectivity index (χ2v) is 5.55. The van der Waals surface area contributed by atoms with Crippen molar-refractivity contribution in [1.29, 1.82) is 0 Å². The van der Waals surface area contributed by atoms with Crippen molar-refractivity contribution in [1.82, 2.24) is 9.88 Å². The van der Waals surface area contributed by atoms with Crippen molar-refractivity contribution < 1.29 is 9.53 Å². The van der Waals surface area contributed by atoms with Gasteiger partial charge in [0.1, 0.15) is 5.01 Å². The van der Waals surface area contributed by atoms with Crippen LogP contribution < -0.4 is 0 Å². The van der Waals surface area contributed by atoms with Gasteiger partial charge in [-0.15, -0.1) is 11.3 Å². The quantitative estimate of drug-likeness (QED) is 0.777. The van der Waals surface area contributed by atoms with Gasteiger partial charge in [0.15, 0.2) is 5.69 Å². The number of hydrogen-bond acceptors (Lipinski definition) is 5. The number of carbonyl (C=O) groups excluding carboxylic acids is 1. The summed E-state index contributed by atoms with van der Waals surface area (Å²) in [5.41, 5.74) is 0.493. The molecule has 0 aromatic carbocycles. The molecule has 1 atom stereocenters. The maximum absolute atomic E-state index is 11.7. The maximum atomic E-state index is 11.7. The minimum absolute atomic E-state index is 0.298. The lowest BCUT2D eigenvalue weighted by Crippen LogP contribution is -2.17. The lowest BCUT2D eigenvalue weighted by atomic mass is 10.2. The van der Waals surface area contributed by atoms with Gasteiger partial charge in [0.05, 0.1) is 12.6 Å². The molecule has 1 unspecified atom stereocenters. The molecule has 94 valence electrons. The van der Waals surface area contributed by atoms with Gasteiger partial charge in [-0.1, -0.05) is 0 Å². The molecule has 0 N–H and O–H groups in total. The predicted octanol–water partition coefficient (Wildman–Crippen LogP) is 2.39. The molecule has 2 rings (SSSR count). The smallest absolute Gasteiger partial charge is 0.358 e. The molecule has 0 radical (unpaired) electrons. The highest BCUT2D eigenvalue weighted by atomic mass is 32.1. The van der Waals surface area contributed by atoms with Crippen LogP contribution in [0.4, 0.5) is 0 Å². The molecule has 4 nitrogen and oxygen atoms in total. The SMILES string of the molecule is CCOC(=O)c1nc(C2CCCN2C)sc1C. The Morgan fingerprint density at radius 1 is 1.65 bits per heavy atom. The normalized spacial score (nSPS) is 20.8. The van der Waals surface area contributed by atoms with Crippen LogP contribution >= 0.6 is 11.3 Å². The summed E-state index contributed by atoms with van der Waals surface area (Å²) >= 11 is 1.62. The first kappa shape index (κ1) is 12.5. The number of ether oxygens (including phenoxy) is 1. The molecular weight excluding hydrogens is 236 g/mol. The Hall–Kier alpha value is -0.940. The summed E-state index contributed by atoms with van der Waals surface area (Å²) in [6, 6.07) is 0.377. The van der Waals surface area contributed by atoms with Gasteiger partial charge in [0.25, 0.3) is 0 Å². The highest BCUT2D eigenvalue weighted by molar-refractivity contribution is 7.11. The number of carbonyl (C=O) groups is 1. The number of aryl methyl sites for hydroxylation is 1. The van der Waals surface area contributed by atoms with Crippen LogP contribution in [-0.4, -0.2) is 36.1 Å². The third-order valence-corrected chi connectivity index (χ3v) is 4.16. The summed E-state index contributed by atoms with van der Waals surface area (Å²) in [7, 11) is 2.11. The van der Waals surface area contributed by atoms with Gasteiger partial charge >= 0.3 is 5.97 Å². The molecule has 5 heteroatoms. The second-order valence-electron chi connectivity index (χ2n) is 4.32. The summed E-state index contributed by atoms with van der Waals surface area (Å²) in [5.74, 6) is -0.298. The molecular formula is C12H18N2O2S. The molecule has 1 aromatic rings. The van der Waals surface area contributed by atoms with Crippen molar-refractivity contribution in [2.45, 2.75) is 32.7 Å². The van der Waals surface area contributed by atoms with E-state index < -0.39 is 0 Å². The summed E-state index contributed by atoms with van der Waals surface area (Å²) in [5, 5.41) is 1.05. The molecule has 0 bridgehead atoms. The summed E-state index contributed by atoms with van der Waals surface area (Å²) in [6.07, 6.45) is 2.33. The zero-order valence-electron chi connectivity index (χ0n) is 10.5. The molecule has 1 fully saturated rings. The largest absolute Gasteiger partial charge is 0.461 e. The van der Waals surface area contributed by atoms with E-state index in [0.717, 1.165) is 22.9 Å². The Balaban J connectivity index is 2.21. The van der Waals surface area contributed by atoms with Crippen molar-refractivity contribution >= 4 is 17.3 Å². The first-order valence-corrected chi connectivity index (χ1v) is 6.79. The molecule has 1 aliphatic heterocycles. The van der Waals surface area contributed by atoms with E-state index in [1.54, 1.807) is 11.3 Å². The molecule has 1 aliphatic rings. The summed E-state index contributed by atoms with van der Waals surface area (Å²) in [4.78, 5) is 19.4. The first-order valence-electron chi connectivity index (χ1n) is 5.98. The Labute approximate surface area is 106 Å². The first-order chi connectivity index (χ1) is 8.13. The van der Waals surface area contributed by atoms with Crippen LogP contribution in [-0.2, 0) is 4.74 Å². The molecule has 1 aromatic heterocycles. The van der Waals surface area contributed by atoms with Crippen molar-refractivity contribution in [3.8, 4) is 0 Å². The molecule has 0 saturated carbocycles. The van der Waals surface area contributed by atoms with Crippen LogP contribution in [0.25, 0.3) is 0 Å². The van der Waals surface area contributed by atoms with Crippen LogP contribution in [0.1, 0.15) is 46.2 Å². The van der Waals surface area contributed by atoms with Crippen LogP contribution in [0.3, 0.4) is 0 Å². The molecule has 1 saturated heterocycles. The van der Waals surface area contributed by atoms with Gasteiger partial charge in [-0.3, -0.25) is 4.90 Å². The number of rotatable bonds is 3. The Morgan fingerprint density at radius 2 is 2.41 bits per heavy atom. The Bertz CT molecular complexity index is 417. The number of esters is 1. The number of likely N-dealkylation sites (tertiary alicyclic amines) is 1. The fraction of sp³-hybridized carbons (Fsp3) is 0.667. The second kappa shape index (κ2) is 5.14. The highest BCUT2D eigenvalue weighted by Crippen LogP contribution is 2.34. The average molecular weight is 254 g/mol. The summed E-state index contributed by atoms with van der Waals surface area (Å²) in [6.45, 7) is 5.25. The van der Waals surface area contributed by atoms with E-state index in [0.29, 0.717) is 18.3 Å². The number of nitrogens with zero attached hydrogens (tertiary/aromatic N) is 2. The van der Waals surface area contributed by atoms with Crippen LogP contribution in [0.15, 0.2) is 0 Å². The van der Waals surface area contributed by atoms with Crippen LogP contribution in [0, 0.1) is 6.92 Å². The predicted molar refractivity (Wildman–Crippen MR) is 67.4 cm³/mol. The monoisotopic (exact) mass is 254 g/mol. The molecule has 2 heterocycles.